The normalized spacial score (nSPS) is 16.7. The zero-order chi connectivity index (χ0) is 16.9. The van der Waals surface area contributed by atoms with Crippen LogP contribution in [0.15, 0.2) is 33.9 Å². The fourth-order valence-electron chi connectivity index (χ4n) is 2.72. The van der Waals surface area contributed by atoms with Gasteiger partial charge in [-0.15, -0.1) is 10.2 Å². The molecule has 1 saturated heterocycles. The summed E-state index contributed by atoms with van der Waals surface area (Å²) in [7, 11) is 0. The van der Waals surface area contributed by atoms with Crippen LogP contribution in [0.3, 0.4) is 0 Å². The maximum Gasteiger partial charge on any atom is 0.277 e. The van der Waals surface area contributed by atoms with Crippen molar-refractivity contribution in [2.75, 3.05) is 13.1 Å². The number of likely N-dealkylation sites (tertiary alicyclic amines) is 1. The van der Waals surface area contributed by atoms with E-state index in [2.05, 4.69) is 10.2 Å². The van der Waals surface area contributed by atoms with E-state index in [1.54, 1.807) is 12.1 Å². The molecular weight excluding hydrogens is 329 g/mol. The number of hydrogen-bond donors (Lipinski definition) is 0. The van der Waals surface area contributed by atoms with Crippen LogP contribution in [-0.2, 0) is 4.79 Å². The van der Waals surface area contributed by atoms with Crippen LogP contribution in [0.25, 0.3) is 11.5 Å². The highest BCUT2D eigenvalue weighted by Gasteiger charge is 2.24. The Labute approximate surface area is 144 Å². The van der Waals surface area contributed by atoms with Gasteiger partial charge in [0.05, 0.1) is 5.25 Å². The maximum absolute atomic E-state index is 13.0. The first-order chi connectivity index (χ1) is 11.6. The molecule has 1 fully saturated rings. The van der Waals surface area contributed by atoms with Gasteiger partial charge in [0, 0.05) is 18.7 Å². The molecule has 1 aromatic carbocycles. The summed E-state index contributed by atoms with van der Waals surface area (Å²) in [6.45, 7) is 3.52. The van der Waals surface area contributed by atoms with Crippen LogP contribution in [0.1, 0.15) is 32.6 Å². The first-order valence-corrected chi connectivity index (χ1v) is 9.06. The van der Waals surface area contributed by atoms with E-state index in [1.165, 1.54) is 36.7 Å². The molecule has 24 heavy (non-hydrogen) atoms. The summed E-state index contributed by atoms with van der Waals surface area (Å²) in [5, 5.41) is 8.03. The van der Waals surface area contributed by atoms with Gasteiger partial charge in [-0.2, -0.15) is 0 Å². The number of thioether (sulfide) groups is 1. The van der Waals surface area contributed by atoms with Gasteiger partial charge in [-0.3, -0.25) is 4.79 Å². The molecule has 1 atom stereocenters. The third-order valence-electron chi connectivity index (χ3n) is 4.04. The van der Waals surface area contributed by atoms with Gasteiger partial charge in [0.15, 0.2) is 0 Å². The van der Waals surface area contributed by atoms with Crippen molar-refractivity contribution in [3.63, 3.8) is 0 Å². The van der Waals surface area contributed by atoms with Crippen molar-refractivity contribution in [3.8, 4) is 11.5 Å². The molecule has 5 nitrogen and oxygen atoms in total. The number of amides is 1. The smallest absolute Gasteiger partial charge is 0.277 e. The van der Waals surface area contributed by atoms with Crippen LogP contribution in [0.2, 0.25) is 0 Å². The predicted octanol–water partition coefficient (Wildman–Crippen LogP) is 3.76. The second kappa shape index (κ2) is 7.79. The van der Waals surface area contributed by atoms with Gasteiger partial charge in [-0.1, -0.05) is 24.6 Å². The highest BCUT2D eigenvalue weighted by atomic mass is 32.2. The van der Waals surface area contributed by atoms with E-state index < -0.39 is 0 Å². The van der Waals surface area contributed by atoms with Gasteiger partial charge < -0.3 is 9.32 Å². The summed E-state index contributed by atoms with van der Waals surface area (Å²) in [5.74, 6) is 0.125. The molecule has 1 aliphatic rings. The zero-order valence-electron chi connectivity index (χ0n) is 13.6. The van der Waals surface area contributed by atoms with E-state index in [0.29, 0.717) is 16.7 Å². The molecule has 0 spiro atoms. The fourth-order valence-corrected chi connectivity index (χ4v) is 3.48. The molecule has 0 aliphatic carbocycles. The molecule has 0 saturated carbocycles. The minimum atomic E-state index is -0.315. The van der Waals surface area contributed by atoms with Crippen molar-refractivity contribution in [3.05, 3.63) is 30.1 Å². The molecule has 0 bridgehead atoms. The summed E-state index contributed by atoms with van der Waals surface area (Å²) < 4.78 is 18.6. The number of halogens is 1. The molecule has 0 unspecified atom stereocenters. The summed E-state index contributed by atoms with van der Waals surface area (Å²) >= 11 is 1.27. The van der Waals surface area contributed by atoms with E-state index in [9.17, 15) is 9.18 Å². The second-order valence-electron chi connectivity index (χ2n) is 5.88. The highest BCUT2D eigenvalue weighted by Crippen LogP contribution is 2.27. The SMILES string of the molecule is C[C@H](Sc1nnc(-c2ccc(F)cc2)o1)C(=O)N1CCCCCC1. The van der Waals surface area contributed by atoms with E-state index in [0.717, 1.165) is 25.9 Å². The predicted molar refractivity (Wildman–Crippen MR) is 90.1 cm³/mol. The number of rotatable bonds is 4. The molecule has 1 aliphatic heterocycles. The zero-order valence-corrected chi connectivity index (χ0v) is 14.4. The lowest BCUT2D eigenvalue weighted by Gasteiger charge is -2.23. The number of hydrogen-bond acceptors (Lipinski definition) is 5. The molecule has 128 valence electrons. The van der Waals surface area contributed by atoms with Crippen molar-refractivity contribution in [1.82, 2.24) is 15.1 Å². The Kier molecular flexibility index (Phi) is 5.50. The van der Waals surface area contributed by atoms with Gasteiger partial charge in [-0.05, 0) is 44.0 Å². The molecular formula is C17H20FN3O2S. The van der Waals surface area contributed by atoms with Crippen LogP contribution >= 0.6 is 11.8 Å². The molecule has 0 N–H and O–H groups in total. The molecule has 1 amide bonds. The number of nitrogens with zero attached hydrogens (tertiary/aromatic N) is 3. The van der Waals surface area contributed by atoms with Crippen LogP contribution in [0, 0.1) is 5.82 Å². The number of carbonyl (C=O) groups is 1. The lowest BCUT2D eigenvalue weighted by Crippen LogP contribution is -2.37. The Morgan fingerprint density at radius 3 is 2.50 bits per heavy atom. The van der Waals surface area contributed by atoms with Crippen molar-refractivity contribution < 1.29 is 13.6 Å². The molecule has 1 aromatic heterocycles. The summed E-state index contributed by atoms with van der Waals surface area (Å²) in [6, 6.07) is 5.86. The van der Waals surface area contributed by atoms with Crippen molar-refractivity contribution >= 4 is 17.7 Å². The Morgan fingerprint density at radius 2 is 1.83 bits per heavy atom. The van der Waals surface area contributed by atoms with Gasteiger partial charge in [-0.25, -0.2) is 4.39 Å². The Morgan fingerprint density at radius 1 is 1.17 bits per heavy atom. The summed E-state index contributed by atoms with van der Waals surface area (Å²) in [5.41, 5.74) is 0.655. The second-order valence-corrected chi connectivity index (χ2v) is 7.17. The first-order valence-electron chi connectivity index (χ1n) is 8.18. The average Bonchev–Trinajstić information content (AvgIpc) is 2.88. The van der Waals surface area contributed by atoms with E-state index in [-0.39, 0.29) is 17.0 Å². The number of carbonyl (C=O) groups excluding carboxylic acids is 1. The topological polar surface area (TPSA) is 59.2 Å². The maximum atomic E-state index is 13.0. The average molecular weight is 349 g/mol. The minimum Gasteiger partial charge on any atom is -0.411 e. The Balaban J connectivity index is 1.63. The summed E-state index contributed by atoms with van der Waals surface area (Å²) in [4.78, 5) is 14.5. The molecule has 2 heterocycles. The van der Waals surface area contributed by atoms with Crippen LogP contribution in [-0.4, -0.2) is 39.3 Å². The van der Waals surface area contributed by atoms with Crippen LogP contribution in [0.5, 0.6) is 0 Å². The number of benzene rings is 1. The fraction of sp³-hybridized carbons (Fsp3) is 0.471. The van der Waals surface area contributed by atoms with E-state index in [1.807, 2.05) is 11.8 Å². The quantitative estimate of drug-likeness (QED) is 0.787. The van der Waals surface area contributed by atoms with Crippen LogP contribution < -0.4 is 0 Å². The largest absolute Gasteiger partial charge is 0.411 e. The Bertz CT molecular complexity index is 681. The van der Waals surface area contributed by atoms with E-state index >= 15 is 0 Å². The van der Waals surface area contributed by atoms with Crippen molar-refractivity contribution in [1.29, 1.82) is 0 Å². The molecule has 2 aromatic rings. The van der Waals surface area contributed by atoms with Crippen LogP contribution in [0.4, 0.5) is 4.39 Å². The first kappa shape index (κ1) is 17.0. The van der Waals surface area contributed by atoms with Gasteiger partial charge >= 0.3 is 0 Å². The molecule has 0 radical (unpaired) electrons. The monoisotopic (exact) mass is 349 g/mol. The number of aromatic nitrogens is 2. The Hall–Kier alpha value is -1.89. The minimum absolute atomic E-state index is 0.114. The van der Waals surface area contributed by atoms with Crippen molar-refractivity contribution in [2.24, 2.45) is 0 Å². The van der Waals surface area contributed by atoms with Crippen molar-refractivity contribution in [2.45, 2.75) is 43.1 Å². The molecule has 3 rings (SSSR count). The molecule has 7 heteroatoms. The standard InChI is InChI=1S/C17H20FN3O2S/c1-12(16(22)21-10-4-2-3-5-11-21)24-17-20-19-15(23-17)13-6-8-14(18)9-7-13/h6-9,12H,2-5,10-11H2,1H3/t12-/m0/s1. The summed E-state index contributed by atoms with van der Waals surface area (Å²) in [6.07, 6.45) is 4.52. The third kappa shape index (κ3) is 4.14. The lowest BCUT2D eigenvalue weighted by atomic mass is 10.2. The third-order valence-corrected chi connectivity index (χ3v) is 4.96. The van der Waals surface area contributed by atoms with Gasteiger partial charge in [0.2, 0.25) is 11.8 Å². The van der Waals surface area contributed by atoms with Gasteiger partial charge in [0.1, 0.15) is 5.82 Å². The van der Waals surface area contributed by atoms with Gasteiger partial charge in [0.25, 0.3) is 5.22 Å². The highest BCUT2D eigenvalue weighted by molar-refractivity contribution is 8.00. The lowest BCUT2D eigenvalue weighted by molar-refractivity contribution is -0.130. The van der Waals surface area contributed by atoms with E-state index in [4.69, 9.17) is 4.42 Å².